The molecule has 14 heavy (non-hydrogen) atoms. The van der Waals surface area contributed by atoms with Crippen LogP contribution in [0.5, 0.6) is 0 Å². The van der Waals surface area contributed by atoms with Gasteiger partial charge in [0.15, 0.2) is 0 Å². The number of amides is 2. The summed E-state index contributed by atoms with van der Waals surface area (Å²) in [4.78, 5) is 20.9. The monoisotopic (exact) mass is 213 g/mol. The molecule has 0 spiro atoms. The van der Waals surface area contributed by atoms with Crippen LogP contribution in [0.25, 0.3) is 0 Å². The Morgan fingerprint density at radius 2 is 1.57 bits per heavy atom. The van der Waals surface area contributed by atoms with Crippen LogP contribution in [0, 0.1) is 0 Å². The van der Waals surface area contributed by atoms with Crippen molar-refractivity contribution in [1.82, 2.24) is 5.32 Å². The summed E-state index contributed by atoms with van der Waals surface area (Å²) in [6, 6.07) is 0. The van der Waals surface area contributed by atoms with Crippen molar-refractivity contribution in [1.29, 1.82) is 0 Å². The summed E-state index contributed by atoms with van der Waals surface area (Å²) in [5.41, 5.74) is -0.948. The zero-order valence-electron chi connectivity index (χ0n) is 7.86. The van der Waals surface area contributed by atoms with Gasteiger partial charge >= 0.3 is 18.2 Å². The number of nitrogens with one attached hydrogen (secondary N) is 1. The summed E-state index contributed by atoms with van der Waals surface area (Å²) >= 11 is 0. The number of hydrogen-bond acceptors (Lipinski definition) is 3. The largest absolute Gasteiger partial charge is 0.471 e. The Bertz CT molecular complexity index is 242. The first-order valence-electron chi connectivity index (χ1n) is 3.63. The highest BCUT2D eigenvalue weighted by Crippen LogP contribution is 2.14. The number of hydrogen-bond donors (Lipinski definition) is 1. The molecular weight excluding hydrogens is 203 g/mol. The van der Waals surface area contributed by atoms with Crippen LogP contribution in [-0.4, -0.2) is 23.8 Å². The standard InChI is InChI=1S/C7H10F3NO3/c1-6(2,3)14-5(13)11-4(12)7(8,9)10/h1-3H3,(H,11,12,13). The van der Waals surface area contributed by atoms with Crippen molar-refractivity contribution in [2.75, 3.05) is 0 Å². The van der Waals surface area contributed by atoms with Gasteiger partial charge in [-0.05, 0) is 20.8 Å². The van der Waals surface area contributed by atoms with Crippen LogP contribution in [0.2, 0.25) is 0 Å². The first-order chi connectivity index (χ1) is 6.02. The molecule has 2 amide bonds. The third-order valence-electron chi connectivity index (χ3n) is 0.872. The van der Waals surface area contributed by atoms with E-state index in [2.05, 4.69) is 4.74 Å². The highest BCUT2D eigenvalue weighted by atomic mass is 19.4. The lowest BCUT2D eigenvalue weighted by Crippen LogP contribution is -2.43. The van der Waals surface area contributed by atoms with Gasteiger partial charge in [-0.1, -0.05) is 0 Å². The second-order valence-electron chi connectivity index (χ2n) is 3.45. The molecule has 0 bridgehead atoms. The van der Waals surface area contributed by atoms with Crippen molar-refractivity contribution in [2.24, 2.45) is 0 Å². The molecule has 0 unspecified atom stereocenters. The SMILES string of the molecule is CC(C)(C)OC(=O)NC(=O)C(F)(F)F. The number of carbonyl (C=O) groups excluding carboxylic acids is 2. The predicted molar refractivity (Wildman–Crippen MR) is 40.4 cm³/mol. The van der Waals surface area contributed by atoms with E-state index in [1.807, 2.05) is 0 Å². The van der Waals surface area contributed by atoms with Crippen molar-refractivity contribution in [2.45, 2.75) is 32.5 Å². The summed E-state index contributed by atoms with van der Waals surface area (Å²) in [6.07, 6.45) is -6.50. The quantitative estimate of drug-likeness (QED) is 0.664. The Balaban J connectivity index is 4.16. The number of halogens is 3. The molecule has 0 saturated carbocycles. The molecule has 7 heteroatoms. The number of ether oxygens (including phenoxy) is 1. The highest BCUT2D eigenvalue weighted by molar-refractivity contribution is 5.94. The molecule has 0 aliphatic rings. The molecule has 0 fully saturated rings. The first-order valence-corrected chi connectivity index (χ1v) is 3.63. The molecule has 4 nitrogen and oxygen atoms in total. The Kier molecular flexibility index (Phi) is 3.50. The molecule has 1 N–H and O–H groups in total. The normalized spacial score (nSPS) is 12.1. The van der Waals surface area contributed by atoms with Gasteiger partial charge < -0.3 is 4.74 Å². The lowest BCUT2D eigenvalue weighted by atomic mass is 10.2. The Morgan fingerprint density at radius 3 is 1.86 bits per heavy atom. The van der Waals surface area contributed by atoms with Crippen LogP contribution in [0.4, 0.5) is 18.0 Å². The molecule has 0 saturated heterocycles. The number of rotatable bonds is 0. The second-order valence-corrected chi connectivity index (χ2v) is 3.45. The molecule has 0 aromatic heterocycles. The maximum atomic E-state index is 11.6. The number of alkyl halides is 3. The van der Waals surface area contributed by atoms with Gasteiger partial charge in [-0.15, -0.1) is 0 Å². The fourth-order valence-electron chi connectivity index (χ4n) is 0.467. The van der Waals surface area contributed by atoms with Crippen molar-refractivity contribution in [3.05, 3.63) is 0 Å². The molecule has 0 rings (SSSR count). The Morgan fingerprint density at radius 1 is 1.14 bits per heavy atom. The van der Waals surface area contributed by atoms with E-state index >= 15 is 0 Å². The highest BCUT2D eigenvalue weighted by Gasteiger charge is 2.40. The minimum atomic E-state index is -5.09. The van der Waals surface area contributed by atoms with Crippen LogP contribution in [0.1, 0.15) is 20.8 Å². The van der Waals surface area contributed by atoms with Crippen molar-refractivity contribution >= 4 is 12.0 Å². The minimum Gasteiger partial charge on any atom is -0.444 e. The van der Waals surface area contributed by atoms with Crippen LogP contribution in [-0.2, 0) is 9.53 Å². The van der Waals surface area contributed by atoms with E-state index in [4.69, 9.17) is 0 Å². The van der Waals surface area contributed by atoms with Gasteiger partial charge in [-0.2, -0.15) is 13.2 Å². The molecule has 0 radical (unpaired) electrons. The van der Waals surface area contributed by atoms with Crippen LogP contribution in [0.3, 0.4) is 0 Å². The van der Waals surface area contributed by atoms with Crippen molar-refractivity contribution in [3.8, 4) is 0 Å². The Hall–Kier alpha value is -1.27. The van der Waals surface area contributed by atoms with Gasteiger partial charge in [0, 0.05) is 0 Å². The Labute approximate surface area is 78.4 Å². The fourth-order valence-corrected chi connectivity index (χ4v) is 0.467. The average Bonchev–Trinajstić information content (AvgIpc) is 1.79. The molecule has 0 aromatic rings. The summed E-state index contributed by atoms with van der Waals surface area (Å²) in [7, 11) is 0. The molecule has 0 heterocycles. The van der Waals surface area contributed by atoms with Crippen LogP contribution in [0.15, 0.2) is 0 Å². The van der Waals surface area contributed by atoms with Gasteiger partial charge in [0.2, 0.25) is 0 Å². The van der Waals surface area contributed by atoms with E-state index in [-0.39, 0.29) is 0 Å². The molecule has 0 atom stereocenters. The van der Waals surface area contributed by atoms with Gasteiger partial charge in [-0.3, -0.25) is 10.1 Å². The lowest BCUT2D eigenvalue weighted by Gasteiger charge is -2.19. The van der Waals surface area contributed by atoms with E-state index in [9.17, 15) is 22.8 Å². The number of carbonyl (C=O) groups is 2. The molecule has 0 aliphatic heterocycles. The smallest absolute Gasteiger partial charge is 0.444 e. The number of alkyl carbamates (subject to hydrolysis) is 1. The van der Waals surface area contributed by atoms with Gasteiger partial charge in [-0.25, -0.2) is 4.79 Å². The average molecular weight is 213 g/mol. The van der Waals surface area contributed by atoms with Crippen molar-refractivity contribution in [3.63, 3.8) is 0 Å². The number of imide groups is 1. The first kappa shape index (κ1) is 12.7. The molecule has 82 valence electrons. The lowest BCUT2D eigenvalue weighted by molar-refractivity contribution is -0.173. The fraction of sp³-hybridized carbons (Fsp3) is 0.714. The van der Waals surface area contributed by atoms with E-state index in [1.165, 1.54) is 20.8 Å². The predicted octanol–water partition coefficient (Wildman–Crippen LogP) is 1.60. The second kappa shape index (κ2) is 3.85. The van der Waals surface area contributed by atoms with E-state index < -0.39 is 23.8 Å². The van der Waals surface area contributed by atoms with Gasteiger partial charge in [0.05, 0.1) is 0 Å². The van der Waals surface area contributed by atoms with Crippen LogP contribution < -0.4 is 5.32 Å². The van der Waals surface area contributed by atoms with Crippen LogP contribution >= 0.6 is 0 Å². The zero-order chi connectivity index (χ0) is 11.6. The summed E-state index contributed by atoms with van der Waals surface area (Å²) in [5.74, 6) is -2.34. The third kappa shape index (κ3) is 5.39. The molecule has 0 aliphatic carbocycles. The summed E-state index contributed by atoms with van der Waals surface area (Å²) < 4.78 is 39.3. The van der Waals surface area contributed by atoms with E-state index in [0.29, 0.717) is 0 Å². The van der Waals surface area contributed by atoms with Gasteiger partial charge in [0.1, 0.15) is 5.60 Å². The topological polar surface area (TPSA) is 55.4 Å². The third-order valence-corrected chi connectivity index (χ3v) is 0.872. The van der Waals surface area contributed by atoms with E-state index in [0.717, 1.165) is 5.32 Å². The maximum Gasteiger partial charge on any atom is 0.471 e. The van der Waals surface area contributed by atoms with Gasteiger partial charge in [0.25, 0.3) is 0 Å². The van der Waals surface area contributed by atoms with Crippen molar-refractivity contribution < 1.29 is 27.5 Å². The summed E-state index contributed by atoms with van der Waals surface area (Å²) in [5, 5.41) is 1.05. The summed E-state index contributed by atoms with van der Waals surface area (Å²) in [6.45, 7) is 4.39. The zero-order valence-corrected chi connectivity index (χ0v) is 7.86. The molecular formula is C7H10F3NO3. The van der Waals surface area contributed by atoms with E-state index in [1.54, 1.807) is 0 Å². The molecule has 0 aromatic carbocycles. The maximum absolute atomic E-state index is 11.6. The minimum absolute atomic E-state index is 0.948.